The first-order chi connectivity index (χ1) is 28.6. The minimum Gasteiger partial charge on any atom is -0.453 e. The minimum absolute atomic E-state index is 0.132. The molecular weight excluding hydrogens is 1180 g/mol. The Morgan fingerprint density at radius 1 is 0.742 bits per heavy atom. The Bertz CT molecular complexity index is 2060. The van der Waals surface area contributed by atoms with Gasteiger partial charge in [0.25, 0.3) is 0 Å². The second kappa shape index (κ2) is 23.3. The van der Waals surface area contributed by atoms with Gasteiger partial charge < -0.3 is 23.7 Å². The molecule has 4 heterocycles. The van der Waals surface area contributed by atoms with Crippen LogP contribution in [0.3, 0.4) is 0 Å². The number of methoxy groups -OCH3 is 3. The fourth-order valence-electron chi connectivity index (χ4n) is 3.96. The molecule has 5 rings (SSSR count). The van der Waals surface area contributed by atoms with Crippen molar-refractivity contribution in [2.75, 3.05) is 37.0 Å². The van der Waals surface area contributed by atoms with E-state index in [1.807, 2.05) is 10.6 Å². The largest absolute Gasteiger partial charge is 0.574 e. The molecule has 1 aromatic carbocycles. The first-order valence-electron chi connectivity index (χ1n) is 15.9. The van der Waals surface area contributed by atoms with Crippen molar-refractivity contribution in [2.24, 2.45) is 0 Å². The third-order valence-corrected chi connectivity index (χ3v) is 12.4. The molecule has 62 heavy (non-hydrogen) atoms. The molecule has 0 saturated carbocycles. The molecule has 4 aromatic rings. The molecule has 3 aromatic heterocycles. The SMILES string of the molecule is CC1(C)OI(C(F)(F)F)c2ccccc21.COC(=O)N(O)c1ccc(Br)nc1.COC(=O)Nc1ccc(Br)nc1OC(F)(F)F.COC(=O)Nc1cnc(Br)cc1OC(F)(F)F. The number of aromatic nitrogens is 3. The smallest absolute Gasteiger partial charge is 0.453 e. The monoisotopic (exact) mass is 1200 g/mol. The summed E-state index contributed by atoms with van der Waals surface area (Å²) in [6, 6.07) is 13.3. The van der Waals surface area contributed by atoms with Crippen LogP contribution in [0.4, 0.5) is 71.0 Å². The third-order valence-electron chi connectivity index (χ3n) is 6.42. The predicted octanol–water partition coefficient (Wildman–Crippen LogP) is 11.7. The van der Waals surface area contributed by atoms with Crippen LogP contribution in [-0.4, -0.2) is 76.7 Å². The second-order valence-corrected chi connectivity index (χ2v) is 17.9. The van der Waals surface area contributed by atoms with E-state index in [-0.39, 0.29) is 26.3 Å². The van der Waals surface area contributed by atoms with Crippen molar-refractivity contribution < 1.29 is 85.9 Å². The Morgan fingerprint density at radius 3 is 1.81 bits per heavy atom. The van der Waals surface area contributed by atoms with Gasteiger partial charge >= 0.3 is 125 Å². The van der Waals surface area contributed by atoms with Crippen LogP contribution in [0.1, 0.15) is 19.4 Å². The van der Waals surface area contributed by atoms with Gasteiger partial charge in [-0.1, -0.05) is 0 Å². The van der Waals surface area contributed by atoms with Crippen molar-refractivity contribution >= 4 is 103 Å². The number of halogens is 13. The summed E-state index contributed by atoms with van der Waals surface area (Å²) in [7, 11) is 3.33. The molecule has 0 unspecified atom stereocenters. The number of carbonyl (C=O) groups excluding carboxylic acids is 3. The number of nitrogens with zero attached hydrogens (tertiary/aromatic N) is 4. The van der Waals surface area contributed by atoms with Crippen molar-refractivity contribution in [2.45, 2.75) is 36.4 Å². The minimum atomic E-state index is -4.90. The van der Waals surface area contributed by atoms with Crippen molar-refractivity contribution in [1.82, 2.24) is 15.0 Å². The van der Waals surface area contributed by atoms with Crippen molar-refractivity contribution in [3.05, 3.63) is 89.9 Å². The number of hydrogen-bond donors (Lipinski definition) is 3. The number of nitrogens with one attached hydrogen (secondary N) is 2. The molecule has 0 radical (unpaired) electrons. The Hall–Kier alpha value is -4.46. The number of benzene rings is 1. The fourth-order valence-corrected chi connectivity index (χ4v) is 9.17. The third kappa shape index (κ3) is 18.1. The van der Waals surface area contributed by atoms with E-state index in [1.54, 1.807) is 44.2 Å². The summed E-state index contributed by atoms with van der Waals surface area (Å²) in [4.78, 5) is 43.5. The van der Waals surface area contributed by atoms with Crippen LogP contribution in [0, 0.1) is 3.57 Å². The van der Waals surface area contributed by atoms with E-state index >= 15 is 0 Å². The zero-order valence-electron chi connectivity index (χ0n) is 31.7. The summed E-state index contributed by atoms with van der Waals surface area (Å²) in [6.07, 6.45) is -10.2. The number of pyridine rings is 3. The topological polar surface area (TPSA) is 193 Å². The molecular formula is C33H29Br3F9IN6O10. The quantitative estimate of drug-likeness (QED) is 0.0325. The molecule has 3 amide bonds. The molecule has 0 saturated heterocycles. The van der Waals surface area contributed by atoms with Crippen LogP contribution >= 0.6 is 68.0 Å². The molecule has 0 spiro atoms. The summed E-state index contributed by atoms with van der Waals surface area (Å²) < 4.78 is 133. The molecule has 29 heteroatoms. The van der Waals surface area contributed by atoms with Crippen LogP contribution in [0.25, 0.3) is 0 Å². The number of anilines is 3. The van der Waals surface area contributed by atoms with Crippen LogP contribution in [0.2, 0.25) is 0 Å². The average Bonchev–Trinajstić information content (AvgIpc) is 3.47. The van der Waals surface area contributed by atoms with E-state index in [9.17, 15) is 59.1 Å². The van der Waals surface area contributed by atoms with Gasteiger partial charge in [0.05, 0.1) is 39.4 Å². The molecule has 0 fully saturated rings. The van der Waals surface area contributed by atoms with Gasteiger partial charge in [0.2, 0.25) is 5.88 Å². The zero-order chi connectivity index (χ0) is 47.2. The van der Waals surface area contributed by atoms with Gasteiger partial charge in [-0.2, -0.15) is 5.06 Å². The maximum absolute atomic E-state index is 12.7. The van der Waals surface area contributed by atoms with E-state index in [0.717, 1.165) is 26.5 Å². The Labute approximate surface area is 377 Å². The molecule has 16 nitrogen and oxygen atoms in total. The van der Waals surface area contributed by atoms with Gasteiger partial charge in [-0.15, -0.1) is 26.3 Å². The number of hydroxylamine groups is 1. The van der Waals surface area contributed by atoms with E-state index < -0.39 is 72.7 Å². The average molecular weight is 1210 g/mol. The number of ether oxygens (including phenoxy) is 5. The number of carbonyl (C=O) groups is 3. The van der Waals surface area contributed by atoms with Crippen LogP contribution in [-0.2, 0) is 22.9 Å². The molecule has 342 valence electrons. The molecule has 1 aliphatic rings. The normalized spacial score (nSPS) is 13.2. The number of amides is 3. The van der Waals surface area contributed by atoms with Gasteiger partial charge in [-0.25, -0.2) is 29.3 Å². The zero-order valence-corrected chi connectivity index (χ0v) is 38.6. The first-order valence-corrected chi connectivity index (χ1v) is 21.3. The maximum atomic E-state index is 12.7. The Morgan fingerprint density at radius 2 is 1.29 bits per heavy atom. The fraction of sp³-hybridized carbons (Fsp3) is 0.273. The van der Waals surface area contributed by atoms with Crippen molar-refractivity contribution in [3.8, 4) is 11.6 Å². The summed E-state index contributed by atoms with van der Waals surface area (Å²) in [6.45, 7) is 3.38. The van der Waals surface area contributed by atoms with E-state index in [4.69, 9.17) is 3.07 Å². The number of hydrogen-bond acceptors (Lipinski definition) is 13. The summed E-state index contributed by atoms with van der Waals surface area (Å²) in [5, 5.41) is 13.6. The standard InChI is InChI=1S/C10H10F3IO.2C8H6BrF3N2O3.C7H7BrN2O3/c1-9(2)7-5-3-4-6-8(7)14(15-9)10(11,12)13;1-16-7(15)14-4-3-13-6(9)2-5(4)17-8(10,11)12;1-16-7(15)13-4-2-3-5(9)14-6(4)17-8(10,11)12;1-13-7(11)10(12)5-2-3-6(8)9-4-5/h3-6H,1-2H3;2-3H,1H3,(H,14,15);2-3H,1H3,(H,13,15);2-4,12H,1H3. The van der Waals surface area contributed by atoms with Gasteiger partial charge in [0, 0.05) is 6.07 Å². The summed E-state index contributed by atoms with van der Waals surface area (Å²) >= 11 is 5.41. The predicted molar refractivity (Wildman–Crippen MR) is 217 cm³/mol. The molecule has 0 atom stereocenters. The number of rotatable bonds is 5. The molecule has 0 aliphatic carbocycles. The summed E-state index contributed by atoms with van der Waals surface area (Å²) in [5.41, 5.74) is -0.367. The van der Waals surface area contributed by atoms with Crippen molar-refractivity contribution in [1.29, 1.82) is 0 Å². The maximum Gasteiger partial charge on any atom is 0.574 e. The van der Waals surface area contributed by atoms with Crippen molar-refractivity contribution in [3.63, 3.8) is 0 Å². The summed E-state index contributed by atoms with van der Waals surface area (Å²) in [5.74, 6) is -1.37. The van der Waals surface area contributed by atoms with E-state index in [2.05, 4.69) is 86.4 Å². The molecule has 0 bridgehead atoms. The Balaban J connectivity index is 0.000000286. The second-order valence-electron chi connectivity index (χ2n) is 11.2. The van der Waals surface area contributed by atoms with E-state index in [1.165, 1.54) is 31.5 Å². The van der Waals surface area contributed by atoms with Crippen LogP contribution in [0.15, 0.2) is 80.8 Å². The molecule has 3 N–H and O–H groups in total. The molecule has 1 aliphatic heterocycles. The van der Waals surface area contributed by atoms with Gasteiger partial charge in [-0.3, -0.25) is 15.8 Å². The Kier molecular flexibility index (Phi) is 20.2. The van der Waals surface area contributed by atoms with Crippen LogP contribution in [0.5, 0.6) is 11.6 Å². The van der Waals surface area contributed by atoms with Gasteiger partial charge in [0.15, 0.2) is 5.75 Å². The van der Waals surface area contributed by atoms with Crippen LogP contribution < -0.4 is 25.2 Å². The number of fused-ring (bicyclic) bond motifs is 1. The van der Waals surface area contributed by atoms with Gasteiger partial charge in [0.1, 0.15) is 25.2 Å². The van der Waals surface area contributed by atoms with E-state index in [0.29, 0.717) is 18.8 Å². The first kappa shape index (κ1) is 53.7. The van der Waals surface area contributed by atoms with Gasteiger partial charge in [-0.05, 0) is 72.1 Å². The number of alkyl halides is 10.